The van der Waals surface area contributed by atoms with Crippen LogP contribution >= 0.6 is 0 Å². The highest BCUT2D eigenvalue weighted by atomic mass is 16.6. The SMILES string of the molecule is OCCOCCOC1COC1. The molecule has 1 saturated heterocycles. The summed E-state index contributed by atoms with van der Waals surface area (Å²) in [6, 6.07) is 0. The van der Waals surface area contributed by atoms with Gasteiger partial charge in [0, 0.05) is 0 Å². The molecule has 1 rings (SSSR count). The Hall–Kier alpha value is -0.160. The Morgan fingerprint density at radius 3 is 2.64 bits per heavy atom. The number of rotatable bonds is 6. The summed E-state index contributed by atoms with van der Waals surface area (Å²) in [7, 11) is 0. The van der Waals surface area contributed by atoms with Gasteiger partial charge in [0.25, 0.3) is 0 Å². The van der Waals surface area contributed by atoms with E-state index in [1.54, 1.807) is 0 Å². The third-order valence-electron chi connectivity index (χ3n) is 1.42. The first-order valence-corrected chi connectivity index (χ1v) is 3.81. The lowest BCUT2D eigenvalue weighted by atomic mass is 10.3. The van der Waals surface area contributed by atoms with E-state index in [2.05, 4.69) is 0 Å². The molecule has 0 aromatic heterocycles. The van der Waals surface area contributed by atoms with Crippen LogP contribution in [0.15, 0.2) is 0 Å². The fourth-order valence-corrected chi connectivity index (χ4v) is 0.751. The van der Waals surface area contributed by atoms with Crippen molar-refractivity contribution < 1.29 is 19.3 Å². The normalized spacial score (nSPS) is 18.3. The second-order valence-corrected chi connectivity index (χ2v) is 2.37. The number of hydrogen-bond acceptors (Lipinski definition) is 4. The van der Waals surface area contributed by atoms with Crippen LogP contribution in [0.25, 0.3) is 0 Å². The van der Waals surface area contributed by atoms with Crippen molar-refractivity contribution in [3.63, 3.8) is 0 Å². The van der Waals surface area contributed by atoms with Gasteiger partial charge >= 0.3 is 0 Å². The van der Waals surface area contributed by atoms with Crippen molar-refractivity contribution in [3.8, 4) is 0 Å². The van der Waals surface area contributed by atoms with E-state index in [1.165, 1.54) is 0 Å². The largest absolute Gasteiger partial charge is 0.394 e. The lowest BCUT2D eigenvalue weighted by Gasteiger charge is -2.25. The molecule has 4 heteroatoms. The Morgan fingerprint density at radius 2 is 2.09 bits per heavy atom. The second-order valence-electron chi connectivity index (χ2n) is 2.37. The van der Waals surface area contributed by atoms with Crippen LogP contribution in [0, 0.1) is 0 Å². The van der Waals surface area contributed by atoms with Crippen molar-refractivity contribution in [1.82, 2.24) is 0 Å². The van der Waals surface area contributed by atoms with E-state index < -0.39 is 0 Å². The van der Waals surface area contributed by atoms with Crippen molar-refractivity contribution in [1.29, 1.82) is 0 Å². The van der Waals surface area contributed by atoms with E-state index in [9.17, 15) is 0 Å². The van der Waals surface area contributed by atoms with Gasteiger partial charge in [0.15, 0.2) is 0 Å². The number of aliphatic hydroxyl groups excluding tert-OH is 1. The van der Waals surface area contributed by atoms with Gasteiger partial charge in [0.1, 0.15) is 6.10 Å². The van der Waals surface area contributed by atoms with Crippen LogP contribution in [-0.2, 0) is 14.2 Å². The maximum Gasteiger partial charge on any atom is 0.104 e. The minimum absolute atomic E-state index is 0.0759. The van der Waals surface area contributed by atoms with Crippen LogP contribution in [-0.4, -0.2) is 50.9 Å². The van der Waals surface area contributed by atoms with Gasteiger partial charge in [-0.1, -0.05) is 0 Å². The van der Waals surface area contributed by atoms with E-state index >= 15 is 0 Å². The first kappa shape index (κ1) is 8.93. The van der Waals surface area contributed by atoms with Crippen LogP contribution in [0.1, 0.15) is 0 Å². The second kappa shape index (κ2) is 5.49. The average molecular weight is 162 g/mol. The van der Waals surface area contributed by atoms with Gasteiger partial charge in [-0.05, 0) is 0 Å². The van der Waals surface area contributed by atoms with Crippen molar-refractivity contribution in [2.45, 2.75) is 6.10 Å². The molecule has 0 amide bonds. The molecule has 0 aliphatic carbocycles. The summed E-state index contributed by atoms with van der Waals surface area (Å²) >= 11 is 0. The molecule has 4 nitrogen and oxygen atoms in total. The molecule has 66 valence electrons. The van der Waals surface area contributed by atoms with Gasteiger partial charge in [-0.2, -0.15) is 0 Å². The predicted octanol–water partition coefficient (Wildman–Crippen LogP) is -0.589. The van der Waals surface area contributed by atoms with Crippen LogP contribution in [0.5, 0.6) is 0 Å². The first-order chi connectivity index (χ1) is 5.43. The van der Waals surface area contributed by atoms with Gasteiger partial charge in [0.2, 0.25) is 0 Å². The molecule has 11 heavy (non-hydrogen) atoms. The Bertz CT molecular complexity index is 92.4. The van der Waals surface area contributed by atoms with E-state index in [4.69, 9.17) is 19.3 Å². The molecular formula is C7H14O4. The summed E-state index contributed by atoms with van der Waals surface area (Å²) in [5, 5.41) is 8.35. The molecule has 1 N–H and O–H groups in total. The van der Waals surface area contributed by atoms with E-state index in [0.29, 0.717) is 33.0 Å². The molecule has 1 fully saturated rings. The molecule has 0 atom stereocenters. The zero-order valence-corrected chi connectivity index (χ0v) is 6.49. The fourth-order valence-electron chi connectivity index (χ4n) is 0.751. The molecule has 0 saturated carbocycles. The first-order valence-electron chi connectivity index (χ1n) is 3.81. The lowest BCUT2D eigenvalue weighted by molar-refractivity contribution is -0.137. The topological polar surface area (TPSA) is 47.9 Å². The minimum Gasteiger partial charge on any atom is -0.394 e. The Kier molecular flexibility index (Phi) is 4.45. The van der Waals surface area contributed by atoms with E-state index in [0.717, 1.165) is 0 Å². The van der Waals surface area contributed by atoms with E-state index in [1.807, 2.05) is 0 Å². The maximum absolute atomic E-state index is 8.35. The van der Waals surface area contributed by atoms with Crippen molar-refractivity contribution in [2.24, 2.45) is 0 Å². The summed E-state index contributed by atoms with van der Waals surface area (Å²) in [6.07, 6.45) is 0.271. The molecule has 0 aromatic carbocycles. The van der Waals surface area contributed by atoms with Gasteiger partial charge in [-0.15, -0.1) is 0 Å². The highest BCUT2D eigenvalue weighted by Crippen LogP contribution is 2.04. The molecule has 1 aliphatic heterocycles. The highest BCUT2D eigenvalue weighted by molar-refractivity contribution is 4.63. The van der Waals surface area contributed by atoms with Gasteiger partial charge in [-0.25, -0.2) is 0 Å². The lowest BCUT2D eigenvalue weighted by Crippen LogP contribution is -2.36. The van der Waals surface area contributed by atoms with E-state index in [-0.39, 0.29) is 12.7 Å². The molecule has 1 heterocycles. The zero-order valence-electron chi connectivity index (χ0n) is 6.49. The van der Waals surface area contributed by atoms with Gasteiger partial charge in [0.05, 0.1) is 39.6 Å². The predicted molar refractivity (Wildman–Crippen MR) is 38.5 cm³/mol. The van der Waals surface area contributed by atoms with Crippen LogP contribution in [0.2, 0.25) is 0 Å². The minimum atomic E-state index is 0.0759. The third kappa shape index (κ3) is 3.67. The molecule has 0 unspecified atom stereocenters. The number of ether oxygens (including phenoxy) is 3. The van der Waals surface area contributed by atoms with Crippen molar-refractivity contribution in [3.05, 3.63) is 0 Å². The van der Waals surface area contributed by atoms with Crippen LogP contribution in [0.4, 0.5) is 0 Å². The Labute approximate surface area is 66.1 Å². The Balaban J connectivity index is 1.73. The molecule has 0 aromatic rings. The molecule has 0 spiro atoms. The summed E-state index contributed by atoms with van der Waals surface area (Å²) in [6.45, 7) is 3.03. The Morgan fingerprint density at radius 1 is 1.27 bits per heavy atom. The summed E-state index contributed by atoms with van der Waals surface area (Å²) in [5.41, 5.74) is 0. The number of hydrogen-bond donors (Lipinski definition) is 1. The van der Waals surface area contributed by atoms with Crippen molar-refractivity contribution >= 4 is 0 Å². The monoisotopic (exact) mass is 162 g/mol. The van der Waals surface area contributed by atoms with Crippen LogP contribution < -0.4 is 0 Å². The van der Waals surface area contributed by atoms with Crippen molar-refractivity contribution in [2.75, 3.05) is 39.6 Å². The molecule has 0 radical (unpaired) electrons. The highest BCUT2D eigenvalue weighted by Gasteiger charge is 2.17. The maximum atomic E-state index is 8.35. The third-order valence-corrected chi connectivity index (χ3v) is 1.42. The average Bonchev–Trinajstić information content (AvgIpc) is 1.93. The summed E-state index contributed by atoms with van der Waals surface area (Å²) < 4.78 is 15.2. The van der Waals surface area contributed by atoms with Gasteiger partial charge < -0.3 is 19.3 Å². The molecular weight excluding hydrogens is 148 g/mol. The zero-order chi connectivity index (χ0) is 7.94. The smallest absolute Gasteiger partial charge is 0.104 e. The fraction of sp³-hybridized carbons (Fsp3) is 1.00. The standard InChI is InChI=1S/C7H14O4/c8-1-2-9-3-4-11-7-5-10-6-7/h7-8H,1-6H2. The number of aliphatic hydroxyl groups is 1. The van der Waals surface area contributed by atoms with Gasteiger partial charge in [-0.3, -0.25) is 0 Å². The molecule has 0 bridgehead atoms. The summed E-state index contributed by atoms with van der Waals surface area (Å²) in [5.74, 6) is 0. The molecule has 1 aliphatic rings. The quantitative estimate of drug-likeness (QED) is 0.530. The van der Waals surface area contributed by atoms with Crippen LogP contribution in [0.3, 0.4) is 0 Å². The summed E-state index contributed by atoms with van der Waals surface area (Å²) in [4.78, 5) is 0.